The van der Waals surface area contributed by atoms with Crippen molar-refractivity contribution in [3.63, 3.8) is 0 Å². The molecule has 0 radical (unpaired) electrons. The summed E-state index contributed by atoms with van der Waals surface area (Å²) in [6.45, 7) is 2.97. The van der Waals surface area contributed by atoms with Crippen LogP contribution in [0.4, 0.5) is 4.39 Å². The molecule has 2 atom stereocenters. The molecule has 1 aromatic carbocycles. The van der Waals surface area contributed by atoms with Crippen LogP contribution in [0.15, 0.2) is 18.2 Å². The Kier molecular flexibility index (Phi) is 4.93. The molecule has 0 aromatic heterocycles. The number of rotatable bonds is 4. The quantitative estimate of drug-likeness (QED) is 0.807. The minimum Gasteiger partial charge on any atom is -0.373 e. The van der Waals surface area contributed by atoms with Crippen molar-refractivity contribution in [1.29, 1.82) is 5.26 Å². The van der Waals surface area contributed by atoms with Crippen LogP contribution < -0.4 is 0 Å². The molecule has 19 heavy (non-hydrogen) atoms. The molecule has 1 heterocycles. The van der Waals surface area contributed by atoms with Gasteiger partial charge in [0.15, 0.2) is 0 Å². The Morgan fingerprint density at radius 2 is 2.26 bits per heavy atom. The highest BCUT2D eigenvalue weighted by Crippen LogP contribution is 2.33. The number of hydrogen-bond acceptors (Lipinski definition) is 2. The number of unbranched alkanes of at least 4 members (excludes halogenated alkanes) is 1. The van der Waals surface area contributed by atoms with Gasteiger partial charge in [-0.3, -0.25) is 0 Å². The number of nitrogens with zero attached hydrogens (tertiary/aromatic N) is 1. The first-order valence-electron chi connectivity index (χ1n) is 7.05. The summed E-state index contributed by atoms with van der Waals surface area (Å²) in [7, 11) is 0. The Bertz CT molecular complexity index is 458. The summed E-state index contributed by atoms with van der Waals surface area (Å²) in [5, 5.41) is 8.72. The highest BCUT2D eigenvalue weighted by Gasteiger charge is 2.23. The summed E-state index contributed by atoms with van der Waals surface area (Å²) < 4.78 is 19.4. The predicted molar refractivity (Wildman–Crippen MR) is 72.1 cm³/mol. The summed E-state index contributed by atoms with van der Waals surface area (Å²) in [4.78, 5) is 0. The van der Waals surface area contributed by atoms with Gasteiger partial charge in [0.05, 0.1) is 18.3 Å². The van der Waals surface area contributed by atoms with Crippen molar-refractivity contribution in [3.05, 3.63) is 35.1 Å². The van der Waals surface area contributed by atoms with E-state index in [4.69, 9.17) is 10.00 Å². The van der Waals surface area contributed by atoms with E-state index in [2.05, 4.69) is 6.92 Å². The highest BCUT2D eigenvalue weighted by atomic mass is 19.1. The van der Waals surface area contributed by atoms with E-state index in [0.717, 1.165) is 25.0 Å². The van der Waals surface area contributed by atoms with Crippen LogP contribution in [0, 0.1) is 23.1 Å². The lowest BCUT2D eigenvalue weighted by molar-refractivity contribution is -0.0199. The first-order chi connectivity index (χ1) is 9.24. The van der Waals surface area contributed by atoms with Crippen molar-refractivity contribution in [2.45, 2.75) is 45.1 Å². The molecule has 0 N–H and O–H groups in total. The second-order valence-electron chi connectivity index (χ2n) is 5.26. The number of ether oxygens (including phenoxy) is 1. The number of halogens is 1. The van der Waals surface area contributed by atoms with Crippen molar-refractivity contribution in [2.24, 2.45) is 5.92 Å². The molecule has 0 saturated carbocycles. The van der Waals surface area contributed by atoms with Gasteiger partial charge in [0, 0.05) is 0 Å². The van der Waals surface area contributed by atoms with Crippen LogP contribution in [0.3, 0.4) is 0 Å². The Balaban J connectivity index is 1.94. The van der Waals surface area contributed by atoms with Crippen LogP contribution in [-0.4, -0.2) is 6.61 Å². The van der Waals surface area contributed by atoms with Crippen LogP contribution in [0.1, 0.15) is 56.3 Å². The Labute approximate surface area is 114 Å². The first kappa shape index (κ1) is 14.0. The van der Waals surface area contributed by atoms with Crippen molar-refractivity contribution < 1.29 is 9.13 Å². The topological polar surface area (TPSA) is 33.0 Å². The average molecular weight is 261 g/mol. The van der Waals surface area contributed by atoms with Crippen LogP contribution in [0.2, 0.25) is 0 Å². The molecule has 0 spiro atoms. The molecule has 2 unspecified atom stereocenters. The molecule has 1 aliphatic rings. The lowest BCUT2D eigenvalue weighted by Crippen LogP contribution is -2.20. The van der Waals surface area contributed by atoms with Crippen molar-refractivity contribution in [1.82, 2.24) is 0 Å². The predicted octanol–water partition coefficient (Wildman–Crippen LogP) is 4.36. The second kappa shape index (κ2) is 6.68. The molecule has 1 aliphatic heterocycles. The maximum absolute atomic E-state index is 13.6. The number of hydrogen-bond donors (Lipinski definition) is 0. The molecule has 0 aliphatic carbocycles. The normalized spacial score (nSPS) is 23.0. The van der Waals surface area contributed by atoms with Crippen LogP contribution in [0.25, 0.3) is 0 Å². The third-order valence-corrected chi connectivity index (χ3v) is 3.82. The Morgan fingerprint density at radius 3 is 2.84 bits per heavy atom. The third-order valence-electron chi connectivity index (χ3n) is 3.82. The summed E-state index contributed by atoms with van der Waals surface area (Å²) in [5.74, 6) is 0.205. The zero-order valence-electron chi connectivity index (χ0n) is 11.4. The van der Waals surface area contributed by atoms with Gasteiger partial charge < -0.3 is 4.74 Å². The van der Waals surface area contributed by atoms with E-state index >= 15 is 0 Å². The van der Waals surface area contributed by atoms with Crippen molar-refractivity contribution in [2.75, 3.05) is 6.61 Å². The summed E-state index contributed by atoms with van der Waals surface area (Å²) in [5.41, 5.74) is 0.950. The lowest BCUT2D eigenvalue weighted by Gasteiger charge is -2.29. The van der Waals surface area contributed by atoms with E-state index in [1.807, 2.05) is 6.07 Å². The molecule has 0 amide bonds. The van der Waals surface area contributed by atoms with Crippen LogP contribution >= 0.6 is 0 Å². The van der Waals surface area contributed by atoms with Gasteiger partial charge in [0.2, 0.25) is 0 Å². The average Bonchev–Trinajstić information content (AvgIpc) is 2.45. The molecule has 0 bridgehead atoms. The molecule has 1 aromatic rings. The van der Waals surface area contributed by atoms with Gasteiger partial charge in [-0.1, -0.05) is 25.8 Å². The van der Waals surface area contributed by atoms with Gasteiger partial charge in [0.25, 0.3) is 0 Å². The van der Waals surface area contributed by atoms with E-state index in [1.165, 1.54) is 31.4 Å². The zero-order valence-corrected chi connectivity index (χ0v) is 11.4. The minimum absolute atomic E-state index is 0.0138. The van der Waals surface area contributed by atoms with E-state index < -0.39 is 5.82 Å². The first-order valence-corrected chi connectivity index (χ1v) is 7.05. The molecule has 102 valence electrons. The Morgan fingerprint density at radius 1 is 1.42 bits per heavy atom. The number of nitriles is 1. The summed E-state index contributed by atoms with van der Waals surface area (Å²) in [6.07, 6.45) is 5.78. The third kappa shape index (κ3) is 3.54. The molecule has 3 heteroatoms. The van der Waals surface area contributed by atoms with Gasteiger partial charge in [-0.2, -0.15) is 5.26 Å². The van der Waals surface area contributed by atoms with Crippen molar-refractivity contribution >= 4 is 0 Å². The molecule has 2 nitrogen and oxygen atoms in total. The molecule has 1 saturated heterocycles. The smallest absolute Gasteiger partial charge is 0.141 e. The van der Waals surface area contributed by atoms with Gasteiger partial charge in [-0.15, -0.1) is 0 Å². The Hall–Kier alpha value is -1.40. The SMILES string of the molecule is CCCCC1CCC(c2ccc(C#N)c(F)c2)OC1. The highest BCUT2D eigenvalue weighted by molar-refractivity contribution is 5.34. The fourth-order valence-corrected chi connectivity index (χ4v) is 2.61. The summed E-state index contributed by atoms with van der Waals surface area (Å²) >= 11 is 0. The molecular weight excluding hydrogens is 241 g/mol. The molecule has 2 rings (SSSR count). The van der Waals surface area contributed by atoms with E-state index in [9.17, 15) is 4.39 Å². The van der Waals surface area contributed by atoms with Crippen LogP contribution in [-0.2, 0) is 4.74 Å². The van der Waals surface area contributed by atoms with Crippen LogP contribution in [0.5, 0.6) is 0 Å². The summed E-state index contributed by atoms with van der Waals surface area (Å²) in [6, 6.07) is 6.62. The van der Waals surface area contributed by atoms with Gasteiger partial charge in [-0.05, 0) is 42.9 Å². The molecule has 1 fully saturated rings. The fourth-order valence-electron chi connectivity index (χ4n) is 2.61. The molecular formula is C16H20FNO. The lowest BCUT2D eigenvalue weighted by atomic mass is 9.91. The van der Waals surface area contributed by atoms with Gasteiger partial charge in [0.1, 0.15) is 11.9 Å². The van der Waals surface area contributed by atoms with E-state index in [1.54, 1.807) is 6.07 Å². The maximum atomic E-state index is 13.6. The van der Waals surface area contributed by atoms with Gasteiger partial charge in [-0.25, -0.2) is 4.39 Å². The largest absolute Gasteiger partial charge is 0.373 e. The van der Waals surface area contributed by atoms with E-state index in [-0.39, 0.29) is 11.7 Å². The van der Waals surface area contributed by atoms with Crippen molar-refractivity contribution in [3.8, 4) is 6.07 Å². The number of benzene rings is 1. The monoisotopic (exact) mass is 261 g/mol. The maximum Gasteiger partial charge on any atom is 0.141 e. The standard InChI is InChI=1S/C16H20FNO/c1-2-3-4-12-5-8-16(19-11-12)13-6-7-14(10-18)15(17)9-13/h6-7,9,12,16H,2-5,8,11H2,1H3. The zero-order chi connectivity index (χ0) is 13.7. The fraction of sp³-hybridized carbons (Fsp3) is 0.562. The van der Waals surface area contributed by atoms with Gasteiger partial charge >= 0.3 is 0 Å². The van der Waals surface area contributed by atoms with E-state index in [0.29, 0.717) is 5.92 Å². The minimum atomic E-state index is -0.447. The second-order valence-corrected chi connectivity index (χ2v) is 5.26.